The van der Waals surface area contributed by atoms with E-state index in [9.17, 15) is 9.59 Å². The van der Waals surface area contributed by atoms with Crippen molar-refractivity contribution in [3.8, 4) is 0 Å². The Kier molecular flexibility index (Phi) is 4.48. The van der Waals surface area contributed by atoms with Crippen molar-refractivity contribution in [2.24, 2.45) is 5.10 Å². The minimum atomic E-state index is -0.658. The molecule has 0 spiro atoms. The molecule has 5 rings (SSSR count). The number of hydrazone groups is 1. The Morgan fingerprint density at radius 3 is 2.33 bits per heavy atom. The Morgan fingerprint density at radius 1 is 0.900 bits per heavy atom. The molecular formula is C25H18N2O3. The zero-order valence-corrected chi connectivity index (χ0v) is 16.1. The van der Waals surface area contributed by atoms with E-state index in [4.69, 9.17) is 4.42 Å². The summed E-state index contributed by atoms with van der Waals surface area (Å²) in [4.78, 5) is 26.0. The average molecular weight is 394 g/mol. The van der Waals surface area contributed by atoms with Gasteiger partial charge in [-0.15, -0.1) is 0 Å². The highest BCUT2D eigenvalue weighted by atomic mass is 16.4. The first-order chi connectivity index (χ1) is 14.7. The van der Waals surface area contributed by atoms with Crippen LogP contribution >= 0.6 is 0 Å². The second-order valence-electron chi connectivity index (χ2n) is 7.18. The van der Waals surface area contributed by atoms with E-state index >= 15 is 0 Å². The molecular weight excluding hydrogens is 376 g/mol. The minimum Gasteiger partial charge on any atom is -0.422 e. The number of nitrogens with zero attached hydrogens (tertiary/aromatic N) is 2. The number of para-hydroxylation sites is 1. The first-order valence-corrected chi connectivity index (χ1v) is 9.75. The Labute approximate surface area is 172 Å². The molecule has 1 aromatic heterocycles. The van der Waals surface area contributed by atoms with E-state index in [1.165, 1.54) is 5.01 Å². The zero-order valence-electron chi connectivity index (χ0n) is 16.1. The summed E-state index contributed by atoms with van der Waals surface area (Å²) in [6, 6.07) is 27.9. The van der Waals surface area contributed by atoms with Gasteiger partial charge in [-0.05, 0) is 23.3 Å². The van der Waals surface area contributed by atoms with Crippen LogP contribution in [0.3, 0.4) is 0 Å². The Balaban J connectivity index is 1.60. The smallest absolute Gasteiger partial charge is 0.349 e. The molecule has 5 nitrogen and oxygen atoms in total. The van der Waals surface area contributed by atoms with E-state index in [0.29, 0.717) is 17.4 Å². The lowest BCUT2D eigenvalue weighted by Crippen LogP contribution is -2.30. The number of hydrogen-bond acceptors (Lipinski definition) is 4. The van der Waals surface area contributed by atoms with Crippen LogP contribution in [-0.2, 0) is 0 Å². The molecule has 3 aromatic carbocycles. The van der Waals surface area contributed by atoms with Crippen LogP contribution in [0.1, 0.15) is 33.9 Å². The lowest BCUT2D eigenvalue weighted by Gasteiger charge is -2.21. The van der Waals surface area contributed by atoms with E-state index in [1.54, 1.807) is 18.2 Å². The summed E-state index contributed by atoms with van der Waals surface area (Å²) in [6.45, 7) is 0. The van der Waals surface area contributed by atoms with Crippen LogP contribution in [0.2, 0.25) is 0 Å². The molecule has 0 bridgehead atoms. The van der Waals surface area contributed by atoms with E-state index in [2.05, 4.69) is 5.10 Å². The maximum Gasteiger partial charge on any atom is 0.349 e. The van der Waals surface area contributed by atoms with Gasteiger partial charge in [-0.3, -0.25) is 4.79 Å². The lowest BCUT2D eigenvalue weighted by atomic mass is 9.98. The van der Waals surface area contributed by atoms with Gasteiger partial charge in [-0.25, -0.2) is 9.80 Å². The van der Waals surface area contributed by atoms with E-state index < -0.39 is 11.5 Å². The van der Waals surface area contributed by atoms with Crippen LogP contribution in [0.4, 0.5) is 0 Å². The number of rotatable bonds is 3. The topological polar surface area (TPSA) is 62.9 Å². The Morgan fingerprint density at radius 2 is 1.57 bits per heavy atom. The quantitative estimate of drug-likeness (QED) is 0.470. The molecule has 1 aliphatic rings. The molecule has 1 atom stereocenters. The van der Waals surface area contributed by atoms with Gasteiger partial charge in [-0.2, -0.15) is 5.10 Å². The Bertz CT molecular complexity index is 1310. The van der Waals surface area contributed by atoms with Gasteiger partial charge < -0.3 is 4.42 Å². The maximum absolute atomic E-state index is 13.4. The molecule has 0 N–H and O–H groups in total. The Hall–Kier alpha value is -3.99. The minimum absolute atomic E-state index is 0.0207. The monoisotopic (exact) mass is 394 g/mol. The number of amides is 1. The van der Waals surface area contributed by atoms with Gasteiger partial charge in [0.05, 0.1) is 11.8 Å². The molecule has 1 amide bonds. The summed E-state index contributed by atoms with van der Waals surface area (Å²) < 4.78 is 5.37. The van der Waals surface area contributed by atoms with Crippen LogP contribution in [-0.4, -0.2) is 16.6 Å². The lowest BCUT2D eigenvalue weighted by molar-refractivity contribution is 0.0707. The molecule has 0 unspecified atom stereocenters. The van der Waals surface area contributed by atoms with Gasteiger partial charge in [0.15, 0.2) is 0 Å². The number of hydrogen-bond donors (Lipinski definition) is 0. The maximum atomic E-state index is 13.4. The van der Waals surface area contributed by atoms with Gasteiger partial charge in [-0.1, -0.05) is 78.9 Å². The van der Waals surface area contributed by atoms with Gasteiger partial charge in [0, 0.05) is 11.8 Å². The normalized spacial score (nSPS) is 15.9. The molecule has 0 fully saturated rings. The molecule has 1 aliphatic heterocycles. The number of carbonyl (C=O) groups is 1. The summed E-state index contributed by atoms with van der Waals surface area (Å²) in [6.07, 6.45) is 0.568. The first kappa shape index (κ1) is 18.1. The van der Waals surface area contributed by atoms with Crippen LogP contribution in [0, 0.1) is 0 Å². The second-order valence-corrected chi connectivity index (χ2v) is 7.18. The van der Waals surface area contributed by atoms with Gasteiger partial charge in [0.1, 0.15) is 11.1 Å². The largest absolute Gasteiger partial charge is 0.422 e. The SMILES string of the molecule is O=C(c1cc2ccccc2oc1=O)N1N=C(c2ccccc2)C[C@@H]1c1ccccc1. The zero-order chi connectivity index (χ0) is 20.5. The van der Waals surface area contributed by atoms with Crippen molar-refractivity contribution < 1.29 is 9.21 Å². The third-order valence-corrected chi connectivity index (χ3v) is 5.28. The van der Waals surface area contributed by atoms with Gasteiger partial charge >= 0.3 is 5.63 Å². The van der Waals surface area contributed by atoms with Gasteiger partial charge in [0.2, 0.25) is 0 Å². The fraction of sp³-hybridized carbons (Fsp3) is 0.0800. The molecule has 2 heterocycles. The number of benzene rings is 3. The number of carbonyl (C=O) groups excluding carboxylic acids is 1. The molecule has 0 radical (unpaired) electrons. The molecule has 0 saturated carbocycles. The van der Waals surface area contributed by atoms with Crippen molar-refractivity contribution in [3.63, 3.8) is 0 Å². The van der Waals surface area contributed by atoms with Crippen molar-refractivity contribution in [2.75, 3.05) is 0 Å². The predicted octanol–water partition coefficient (Wildman–Crippen LogP) is 4.78. The molecule has 4 aromatic rings. The van der Waals surface area contributed by atoms with E-state index in [-0.39, 0.29) is 11.6 Å². The molecule has 0 saturated heterocycles. The molecule has 146 valence electrons. The van der Waals surface area contributed by atoms with Crippen molar-refractivity contribution in [1.82, 2.24) is 5.01 Å². The fourth-order valence-corrected chi connectivity index (χ4v) is 3.77. The standard InChI is InChI=1S/C25H18N2O3/c28-24(20-15-19-13-7-8-14-23(19)30-25(20)29)27-22(18-11-5-2-6-12-18)16-21(26-27)17-9-3-1-4-10-17/h1-15,22H,16H2/t22-/m1/s1. The number of fused-ring (bicyclic) bond motifs is 1. The molecule has 0 aliphatic carbocycles. The van der Waals surface area contributed by atoms with E-state index in [0.717, 1.165) is 16.8 Å². The van der Waals surface area contributed by atoms with Crippen LogP contribution < -0.4 is 5.63 Å². The second kappa shape index (κ2) is 7.44. The average Bonchev–Trinajstić information content (AvgIpc) is 3.25. The summed E-state index contributed by atoms with van der Waals surface area (Å²) >= 11 is 0. The third-order valence-electron chi connectivity index (χ3n) is 5.28. The summed E-state index contributed by atoms with van der Waals surface area (Å²) in [5.74, 6) is -0.464. The molecule has 30 heavy (non-hydrogen) atoms. The highest BCUT2D eigenvalue weighted by Gasteiger charge is 2.35. The van der Waals surface area contributed by atoms with E-state index in [1.807, 2.05) is 72.8 Å². The predicted molar refractivity (Wildman–Crippen MR) is 115 cm³/mol. The fourth-order valence-electron chi connectivity index (χ4n) is 3.77. The van der Waals surface area contributed by atoms with Crippen molar-refractivity contribution in [2.45, 2.75) is 12.5 Å². The van der Waals surface area contributed by atoms with Crippen LogP contribution in [0.5, 0.6) is 0 Å². The van der Waals surface area contributed by atoms with Crippen molar-refractivity contribution >= 4 is 22.6 Å². The summed E-state index contributed by atoms with van der Waals surface area (Å²) in [5, 5.41) is 6.75. The van der Waals surface area contributed by atoms with Crippen LogP contribution in [0.15, 0.2) is 105 Å². The summed E-state index contributed by atoms with van der Waals surface area (Å²) in [5.41, 5.74) is 2.50. The molecule has 5 heteroatoms. The third kappa shape index (κ3) is 3.20. The van der Waals surface area contributed by atoms with Gasteiger partial charge in [0.25, 0.3) is 5.91 Å². The highest BCUT2D eigenvalue weighted by Crippen LogP contribution is 2.33. The first-order valence-electron chi connectivity index (χ1n) is 9.75. The van der Waals surface area contributed by atoms with Crippen LogP contribution in [0.25, 0.3) is 11.0 Å². The van der Waals surface area contributed by atoms with Crippen molar-refractivity contribution in [3.05, 3.63) is 118 Å². The van der Waals surface area contributed by atoms with Crippen molar-refractivity contribution in [1.29, 1.82) is 0 Å². The highest BCUT2D eigenvalue weighted by molar-refractivity contribution is 6.05. The summed E-state index contributed by atoms with van der Waals surface area (Å²) in [7, 11) is 0.